The van der Waals surface area contributed by atoms with Gasteiger partial charge in [-0.05, 0) is 35.4 Å². The quantitative estimate of drug-likeness (QED) is 0.308. The van der Waals surface area contributed by atoms with Crippen molar-refractivity contribution in [3.63, 3.8) is 0 Å². The fourth-order valence-corrected chi connectivity index (χ4v) is 3.98. The molecule has 1 aromatic heterocycles. The van der Waals surface area contributed by atoms with E-state index < -0.39 is 0 Å². The molecule has 0 saturated carbocycles. The maximum Gasteiger partial charge on any atom is 0.244 e. The highest BCUT2D eigenvalue weighted by atomic mass is 16.5. The van der Waals surface area contributed by atoms with Gasteiger partial charge in [-0.3, -0.25) is 4.79 Å². The molecule has 186 valence electrons. The normalized spacial score (nSPS) is 10.6. The summed E-state index contributed by atoms with van der Waals surface area (Å²) in [4.78, 5) is 12.5. The fourth-order valence-electron chi connectivity index (χ4n) is 3.98. The van der Waals surface area contributed by atoms with Crippen LogP contribution in [0.2, 0.25) is 0 Å². The second kappa shape index (κ2) is 10.9. The lowest BCUT2D eigenvalue weighted by Gasteiger charge is -2.16. The van der Waals surface area contributed by atoms with Gasteiger partial charge in [0, 0.05) is 18.1 Å². The van der Waals surface area contributed by atoms with Crippen LogP contribution in [0, 0.1) is 0 Å². The first-order valence-corrected chi connectivity index (χ1v) is 11.2. The zero-order valence-electron chi connectivity index (χ0n) is 20.9. The van der Waals surface area contributed by atoms with Crippen molar-refractivity contribution in [1.29, 1.82) is 0 Å². The molecule has 4 aromatic rings. The maximum absolute atomic E-state index is 12.5. The van der Waals surface area contributed by atoms with Crippen LogP contribution in [-0.2, 0) is 6.61 Å². The molecular weight excluding hydrogens is 460 g/mol. The van der Waals surface area contributed by atoms with Gasteiger partial charge in [-0.25, -0.2) is 0 Å². The van der Waals surface area contributed by atoms with E-state index in [4.69, 9.17) is 23.7 Å². The number of rotatable bonds is 9. The van der Waals surface area contributed by atoms with Crippen LogP contribution in [0.1, 0.15) is 17.3 Å². The van der Waals surface area contributed by atoms with Crippen molar-refractivity contribution >= 4 is 5.91 Å². The lowest BCUT2D eigenvalue weighted by molar-refractivity contribution is 0.0923. The van der Waals surface area contributed by atoms with E-state index in [9.17, 15) is 4.79 Å². The van der Waals surface area contributed by atoms with Crippen molar-refractivity contribution in [2.75, 3.05) is 28.4 Å². The minimum absolute atomic E-state index is 0.236. The molecule has 0 saturated heterocycles. The number of ether oxygens (including phenoxy) is 5. The van der Waals surface area contributed by atoms with E-state index in [0.717, 1.165) is 16.7 Å². The Morgan fingerprint density at radius 2 is 1.42 bits per heavy atom. The van der Waals surface area contributed by atoms with Crippen molar-refractivity contribution in [2.45, 2.75) is 13.5 Å². The van der Waals surface area contributed by atoms with Gasteiger partial charge in [-0.2, -0.15) is 9.78 Å². The highest BCUT2D eigenvalue weighted by molar-refractivity contribution is 5.90. The molecule has 8 nitrogen and oxygen atoms in total. The molecule has 3 aromatic carbocycles. The highest BCUT2D eigenvalue weighted by Crippen LogP contribution is 2.44. The fraction of sp³-hybridized carbons (Fsp3) is 0.214. The highest BCUT2D eigenvalue weighted by Gasteiger charge is 2.22. The zero-order valence-corrected chi connectivity index (χ0v) is 20.9. The first-order chi connectivity index (χ1) is 17.5. The van der Waals surface area contributed by atoms with Crippen LogP contribution in [0.5, 0.6) is 28.7 Å². The summed E-state index contributed by atoms with van der Waals surface area (Å²) in [6, 6.07) is 19.1. The second-order valence-corrected chi connectivity index (χ2v) is 7.89. The van der Waals surface area contributed by atoms with Crippen LogP contribution in [-0.4, -0.2) is 44.1 Å². The van der Waals surface area contributed by atoms with Gasteiger partial charge in [0.05, 0.1) is 40.3 Å². The number of carbonyl (C=O) groups excluding carboxylic acids is 1. The maximum atomic E-state index is 12.5. The molecule has 0 unspecified atom stereocenters. The number of hydrogen-bond donors (Lipinski definition) is 0. The van der Waals surface area contributed by atoms with E-state index in [1.54, 1.807) is 46.8 Å². The topological polar surface area (TPSA) is 81.0 Å². The molecule has 36 heavy (non-hydrogen) atoms. The first-order valence-electron chi connectivity index (χ1n) is 11.2. The number of hydrogen-bond acceptors (Lipinski definition) is 7. The lowest BCUT2D eigenvalue weighted by Crippen LogP contribution is -2.09. The number of methoxy groups -OCH3 is 4. The third-order valence-corrected chi connectivity index (χ3v) is 5.72. The zero-order chi connectivity index (χ0) is 25.7. The summed E-state index contributed by atoms with van der Waals surface area (Å²) in [5.41, 5.74) is 3.84. The van der Waals surface area contributed by atoms with Crippen LogP contribution in [0.3, 0.4) is 0 Å². The van der Waals surface area contributed by atoms with Crippen LogP contribution in [0.4, 0.5) is 0 Å². The van der Waals surface area contributed by atoms with Gasteiger partial charge in [0.25, 0.3) is 0 Å². The monoisotopic (exact) mass is 488 g/mol. The van der Waals surface area contributed by atoms with E-state index in [1.165, 1.54) is 11.6 Å². The Morgan fingerprint density at radius 1 is 0.778 bits per heavy atom. The van der Waals surface area contributed by atoms with Gasteiger partial charge in [0.15, 0.2) is 23.0 Å². The molecule has 0 bridgehead atoms. The van der Waals surface area contributed by atoms with Gasteiger partial charge in [-0.15, -0.1) is 0 Å². The smallest absolute Gasteiger partial charge is 0.244 e. The summed E-state index contributed by atoms with van der Waals surface area (Å²) >= 11 is 0. The van der Waals surface area contributed by atoms with Crippen LogP contribution in [0.25, 0.3) is 22.4 Å². The summed E-state index contributed by atoms with van der Waals surface area (Å²) in [6.07, 6.45) is 1.65. The molecule has 0 aliphatic rings. The van der Waals surface area contributed by atoms with Crippen molar-refractivity contribution in [1.82, 2.24) is 9.78 Å². The largest absolute Gasteiger partial charge is 0.493 e. The molecule has 0 spiro atoms. The second-order valence-electron chi connectivity index (χ2n) is 7.89. The Labute approximate surface area is 209 Å². The molecule has 8 heteroatoms. The Morgan fingerprint density at radius 3 is 2.00 bits per heavy atom. The van der Waals surface area contributed by atoms with E-state index >= 15 is 0 Å². The summed E-state index contributed by atoms with van der Waals surface area (Å²) in [7, 11) is 6.22. The standard InChI is InChI=1S/C28H28N2O6/c1-18(31)30-27(21-14-25(33-3)28(35-5)26(15-21)34-4)22(16-29-30)20-11-12-23(24(13-20)32-2)36-17-19-9-7-6-8-10-19/h6-16H,17H2,1-5H3. The minimum atomic E-state index is -0.236. The number of nitrogens with zero attached hydrogens (tertiary/aromatic N) is 2. The number of benzene rings is 3. The third kappa shape index (κ3) is 4.84. The molecule has 0 fully saturated rings. The summed E-state index contributed by atoms with van der Waals surface area (Å²) in [5.74, 6) is 2.33. The molecule has 0 aliphatic heterocycles. The van der Waals surface area contributed by atoms with E-state index in [-0.39, 0.29) is 5.91 Å². The Bertz CT molecular complexity index is 1340. The number of carbonyl (C=O) groups is 1. The molecule has 0 atom stereocenters. The molecule has 4 rings (SSSR count). The van der Waals surface area contributed by atoms with E-state index in [1.807, 2.05) is 48.5 Å². The minimum Gasteiger partial charge on any atom is -0.493 e. The van der Waals surface area contributed by atoms with Crippen molar-refractivity contribution < 1.29 is 28.5 Å². The average Bonchev–Trinajstić information content (AvgIpc) is 3.37. The third-order valence-electron chi connectivity index (χ3n) is 5.72. The molecule has 0 aliphatic carbocycles. The van der Waals surface area contributed by atoms with Crippen LogP contribution >= 0.6 is 0 Å². The summed E-state index contributed by atoms with van der Waals surface area (Å²) in [5, 5.41) is 4.36. The predicted octanol–water partition coefficient (Wildman–Crippen LogP) is 5.49. The lowest BCUT2D eigenvalue weighted by atomic mass is 10.00. The Hall–Kier alpha value is -4.46. The van der Waals surface area contributed by atoms with Crippen LogP contribution < -0.4 is 23.7 Å². The Balaban J connectivity index is 1.79. The predicted molar refractivity (Wildman–Crippen MR) is 136 cm³/mol. The SMILES string of the molecule is COc1cc(-c2cnn(C(C)=O)c2-c2cc(OC)c(OC)c(OC)c2)ccc1OCc1ccccc1. The number of aromatic nitrogens is 2. The van der Waals surface area contributed by atoms with Gasteiger partial charge >= 0.3 is 0 Å². The first kappa shape index (κ1) is 24.7. The molecular formula is C28H28N2O6. The van der Waals surface area contributed by atoms with Gasteiger partial charge < -0.3 is 23.7 Å². The van der Waals surface area contributed by atoms with Crippen molar-refractivity contribution in [3.05, 3.63) is 72.4 Å². The summed E-state index contributed by atoms with van der Waals surface area (Å²) < 4.78 is 29.5. The van der Waals surface area contributed by atoms with Gasteiger partial charge in [0.2, 0.25) is 11.7 Å². The summed E-state index contributed by atoms with van der Waals surface area (Å²) in [6.45, 7) is 1.87. The molecule has 0 N–H and O–H groups in total. The van der Waals surface area contributed by atoms with E-state index in [0.29, 0.717) is 46.6 Å². The average molecular weight is 489 g/mol. The van der Waals surface area contributed by atoms with Gasteiger partial charge in [0.1, 0.15) is 6.61 Å². The van der Waals surface area contributed by atoms with Crippen LogP contribution in [0.15, 0.2) is 66.9 Å². The molecule has 0 amide bonds. The Kier molecular flexibility index (Phi) is 7.44. The molecule has 1 heterocycles. The molecule has 0 radical (unpaired) electrons. The van der Waals surface area contributed by atoms with Crippen molar-refractivity contribution in [2.24, 2.45) is 0 Å². The van der Waals surface area contributed by atoms with E-state index in [2.05, 4.69) is 5.10 Å². The van der Waals surface area contributed by atoms with Gasteiger partial charge in [-0.1, -0.05) is 36.4 Å². The van der Waals surface area contributed by atoms with Crippen molar-refractivity contribution in [3.8, 4) is 51.1 Å².